The minimum atomic E-state index is -2.07. The van der Waals surface area contributed by atoms with E-state index >= 15 is 0 Å². The van der Waals surface area contributed by atoms with Crippen LogP contribution in [0.5, 0.6) is 23.0 Å². The predicted molar refractivity (Wildman–Crippen MR) is 129 cm³/mol. The van der Waals surface area contributed by atoms with Gasteiger partial charge in [0.25, 0.3) is 5.97 Å². The van der Waals surface area contributed by atoms with Crippen molar-refractivity contribution in [3.05, 3.63) is 119 Å². The minimum Gasteiger partial charge on any atom is -0.617 e. The number of carboxylic acids is 1. The highest BCUT2D eigenvalue weighted by molar-refractivity contribution is 6.45. The Hall–Kier alpha value is -4.05. The molecule has 0 atom stereocenters. The van der Waals surface area contributed by atoms with Crippen molar-refractivity contribution in [3.63, 3.8) is 0 Å². The maximum atomic E-state index is 13.7. The minimum absolute atomic E-state index is 0.457. The number of carbonyl (C=O) groups excluding carboxylic acids is 1. The van der Waals surface area contributed by atoms with Crippen molar-refractivity contribution in [2.45, 2.75) is 10.2 Å². The van der Waals surface area contributed by atoms with E-state index in [2.05, 4.69) is 0 Å². The molecule has 7 heteroatoms. The van der Waals surface area contributed by atoms with Gasteiger partial charge in [0.15, 0.2) is 0 Å². The quantitative estimate of drug-likeness (QED) is 0.418. The van der Waals surface area contributed by atoms with Gasteiger partial charge in [0.05, 0.1) is 0 Å². The predicted octanol–water partition coefficient (Wildman–Crippen LogP) is 4.95. The molecule has 2 heterocycles. The Balaban J connectivity index is 1.42. The summed E-state index contributed by atoms with van der Waals surface area (Å²) in [6, 6.07) is 28.8. The molecule has 4 aromatic carbocycles. The maximum absolute atomic E-state index is 13.7. The Kier molecular flexibility index (Phi) is 5.10. The standard InChI is InChI=1S/C14H10O3.C14H9O3.Al.H/c2*15-14(16)13-9-5-1-3-7-11(9)17-12-8-4-2-6-10(12)13;;/h1-8,13H,(H,15,16);1-8H,(H,15,16);;/q;;+1;/p-1. The van der Waals surface area contributed by atoms with Crippen molar-refractivity contribution in [3.8, 4) is 23.0 Å². The van der Waals surface area contributed by atoms with E-state index in [0.717, 1.165) is 0 Å². The van der Waals surface area contributed by atoms with Gasteiger partial charge in [0.1, 0.15) is 33.2 Å². The number of para-hydroxylation sites is 4. The summed E-state index contributed by atoms with van der Waals surface area (Å²) in [7, 11) is 0. The third-order valence-corrected chi connectivity index (χ3v) is 8.55. The van der Waals surface area contributed by atoms with Crippen LogP contribution in [0.1, 0.15) is 28.2 Å². The van der Waals surface area contributed by atoms with Gasteiger partial charge >= 0.3 is 21.5 Å². The topological polar surface area (TPSA) is 82.1 Å². The van der Waals surface area contributed by atoms with Gasteiger partial charge in [-0.3, -0.25) is 9.59 Å². The molecule has 2 aliphatic heterocycles. The van der Waals surface area contributed by atoms with E-state index in [1.54, 1.807) is 48.5 Å². The van der Waals surface area contributed by atoms with E-state index in [0.29, 0.717) is 45.3 Å². The van der Waals surface area contributed by atoms with Crippen LogP contribution in [0.3, 0.4) is 0 Å². The highest BCUT2D eigenvalue weighted by Crippen LogP contribution is 2.49. The van der Waals surface area contributed by atoms with Gasteiger partial charge in [-0.2, -0.15) is 0 Å². The van der Waals surface area contributed by atoms with Crippen molar-refractivity contribution < 1.29 is 28.0 Å². The number of benzene rings is 4. The smallest absolute Gasteiger partial charge is 0.553 e. The lowest BCUT2D eigenvalue weighted by atomic mass is 9.86. The number of carbonyl (C=O) groups is 2. The molecule has 6 rings (SSSR count). The van der Waals surface area contributed by atoms with E-state index in [9.17, 15) is 14.7 Å². The van der Waals surface area contributed by atoms with Gasteiger partial charge in [-0.25, -0.2) is 0 Å². The van der Waals surface area contributed by atoms with Crippen LogP contribution in [0, 0.1) is 0 Å². The van der Waals surface area contributed by atoms with Crippen LogP contribution < -0.4 is 9.47 Å². The normalized spacial score (nSPS) is 14.6. The molecule has 0 radical (unpaired) electrons. The molecule has 0 spiro atoms. The zero-order valence-corrected chi connectivity index (χ0v) is 19.9. The fourth-order valence-corrected chi connectivity index (χ4v) is 6.50. The summed E-state index contributed by atoms with van der Waals surface area (Å²) in [5.74, 6) is -0.165. The lowest BCUT2D eigenvalue weighted by molar-refractivity contribution is -0.140. The zero-order chi connectivity index (χ0) is 24.0. The molecule has 0 aliphatic carbocycles. The zero-order valence-electron chi connectivity index (χ0n) is 18.5. The van der Waals surface area contributed by atoms with Gasteiger partial charge in [0, 0.05) is 22.3 Å². The van der Waals surface area contributed by atoms with E-state index in [4.69, 9.17) is 13.3 Å². The van der Waals surface area contributed by atoms with E-state index < -0.39 is 37.7 Å². The molecular formula is C28H19AlO6. The molecule has 2 aliphatic rings. The summed E-state index contributed by atoms with van der Waals surface area (Å²) in [6.07, 6.45) is 0. The molecule has 6 nitrogen and oxygen atoms in total. The van der Waals surface area contributed by atoms with Crippen LogP contribution in [-0.2, 0) is 17.7 Å². The summed E-state index contributed by atoms with van der Waals surface area (Å²) >= 11 is -2.07. The van der Waals surface area contributed by atoms with Gasteiger partial charge in [-0.1, -0.05) is 72.8 Å². The number of fused-ring (bicyclic) bond motifs is 4. The Morgan fingerprint density at radius 2 is 1.11 bits per heavy atom. The van der Waals surface area contributed by atoms with Gasteiger partial charge in [-0.15, -0.1) is 0 Å². The van der Waals surface area contributed by atoms with Gasteiger partial charge < -0.3 is 18.4 Å². The maximum Gasteiger partial charge on any atom is 0.553 e. The molecule has 0 amide bonds. The molecule has 4 aromatic rings. The number of hydrogen-bond acceptors (Lipinski definition) is 5. The highest BCUT2D eigenvalue weighted by Gasteiger charge is 2.53. The van der Waals surface area contributed by atoms with E-state index in [1.165, 1.54) is 0 Å². The van der Waals surface area contributed by atoms with Crippen LogP contribution in [0.25, 0.3) is 0 Å². The monoisotopic (exact) mass is 478 g/mol. The number of hydrogen-bond donors (Lipinski definition) is 1. The number of carboxylic acid groups (broad SMARTS) is 1. The highest BCUT2D eigenvalue weighted by atomic mass is 27.1. The fourth-order valence-electron chi connectivity index (χ4n) is 4.95. The molecule has 170 valence electrons. The first kappa shape index (κ1) is 21.5. The first-order chi connectivity index (χ1) is 17.1. The van der Waals surface area contributed by atoms with Crippen molar-refractivity contribution in [1.82, 2.24) is 0 Å². The molecule has 0 bridgehead atoms. The summed E-state index contributed by atoms with van der Waals surface area (Å²) in [6.45, 7) is 0. The van der Waals surface area contributed by atoms with Crippen molar-refractivity contribution in [2.24, 2.45) is 0 Å². The number of rotatable bonds is 4. The van der Waals surface area contributed by atoms with Crippen LogP contribution in [0.15, 0.2) is 97.1 Å². The molecular weight excluding hydrogens is 459 g/mol. The second-order valence-corrected chi connectivity index (χ2v) is 10.2. The molecule has 0 saturated carbocycles. The Labute approximate surface area is 207 Å². The molecule has 0 unspecified atom stereocenters. The van der Waals surface area contributed by atoms with Crippen molar-refractivity contribution in [2.75, 3.05) is 0 Å². The van der Waals surface area contributed by atoms with Crippen molar-refractivity contribution >= 4 is 27.5 Å². The van der Waals surface area contributed by atoms with Crippen LogP contribution >= 0.6 is 0 Å². The average molecular weight is 478 g/mol. The first-order valence-corrected chi connectivity index (χ1v) is 12.5. The summed E-state index contributed by atoms with van der Waals surface area (Å²) in [5.41, 5.74) is 2.39. The van der Waals surface area contributed by atoms with Gasteiger partial charge in [-0.05, 0) is 24.3 Å². The largest absolute Gasteiger partial charge is 0.617 e. The number of ether oxygens (including phenoxy) is 2. The fraction of sp³-hybridized carbons (Fsp3) is 0.0714. The van der Waals surface area contributed by atoms with Crippen LogP contribution in [-0.4, -0.2) is 32.6 Å². The summed E-state index contributed by atoms with van der Waals surface area (Å²) < 4.78 is 16.5. The Morgan fingerprint density at radius 1 is 0.686 bits per heavy atom. The molecule has 0 aromatic heterocycles. The molecule has 0 fully saturated rings. The van der Waals surface area contributed by atoms with Gasteiger partial charge in [0.2, 0.25) is 0 Å². The second-order valence-electron chi connectivity index (χ2n) is 8.52. The lowest BCUT2D eigenvalue weighted by Gasteiger charge is -2.36. The lowest BCUT2D eigenvalue weighted by Crippen LogP contribution is -2.47. The van der Waals surface area contributed by atoms with E-state index in [1.807, 2.05) is 48.5 Å². The summed E-state index contributed by atoms with van der Waals surface area (Å²) in [5, 5.41) is 10.6. The summed E-state index contributed by atoms with van der Waals surface area (Å²) in [4.78, 5) is 26.6. The van der Waals surface area contributed by atoms with E-state index in [-0.39, 0.29) is 0 Å². The Bertz CT molecular complexity index is 1390. The second kappa shape index (κ2) is 8.31. The average Bonchev–Trinajstić information content (AvgIpc) is 2.89. The molecule has 1 N–H and O–H groups in total. The van der Waals surface area contributed by atoms with Crippen LogP contribution in [0.4, 0.5) is 0 Å². The number of aliphatic carboxylic acids is 1. The third kappa shape index (κ3) is 3.32. The SMILES string of the molecule is O=C([O][AlH][C]1(C(=O)O)c2ccccc2Oc2ccccc21)C1c2ccccc2Oc2ccccc21. The van der Waals surface area contributed by atoms with Crippen molar-refractivity contribution in [1.29, 1.82) is 0 Å². The molecule has 0 saturated heterocycles. The first-order valence-electron chi connectivity index (χ1n) is 11.2. The Morgan fingerprint density at radius 3 is 1.63 bits per heavy atom. The third-order valence-electron chi connectivity index (χ3n) is 6.63. The molecule has 35 heavy (non-hydrogen) atoms. The van der Waals surface area contributed by atoms with Crippen LogP contribution in [0.2, 0.25) is 0 Å².